The Labute approximate surface area is 131 Å². The van der Waals surface area contributed by atoms with Crippen LogP contribution in [0.25, 0.3) is 0 Å². The van der Waals surface area contributed by atoms with Crippen LogP contribution in [0.15, 0.2) is 0 Å². The molecule has 0 amide bonds. The number of hydrogen-bond donors (Lipinski definition) is 1. The molecule has 21 heavy (non-hydrogen) atoms. The van der Waals surface area contributed by atoms with Gasteiger partial charge in [0.1, 0.15) is 0 Å². The fraction of sp³-hybridized carbons (Fsp3) is 1.00. The highest BCUT2D eigenvalue weighted by atomic mass is 32.2. The summed E-state index contributed by atoms with van der Waals surface area (Å²) in [6.07, 6.45) is 1.35. The van der Waals surface area contributed by atoms with E-state index in [0.29, 0.717) is 24.5 Å². The standard InChI is InChI=1S/C16H34N2O2S/c1-12(2)13-9-17-14(15(3,4)5)10-18(13)11-16(6,7)21(8,19)20/h12-14,17H,9-11H2,1-8H3. The molecule has 0 spiro atoms. The van der Waals surface area contributed by atoms with Crippen molar-refractivity contribution < 1.29 is 8.42 Å². The molecule has 1 N–H and O–H groups in total. The number of sulfone groups is 1. The predicted molar refractivity (Wildman–Crippen MR) is 90.4 cm³/mol. The first kappa shape index (κ1) is 18.9. The van der Waals surface area contributed by atoms with Crippen molar-refractivity contribution >= 4 is 9.84 Å². The van der Waals surface area contributed by atoms with E-state index < -0.39 is 14.6 Å². The zero-order valence-corrected chi connectivity index (χ0v) is 15.8. The lowest BCUT2D eigenvalue weighted by Gasteiger charge is -2.48. The Balaban J connectivity index is 2.96. The molecule has 1 fully saturated rings. The summed E-state index contributed by atoms with van der Waals surface area (Å²) < 4.78 is 23.4. The van der Waals surface area contributed by atoms with Gasteiger partial charge in [-0.05, 0) is 25.2 Å². The van der Waals surface area contributed by atoms with E-state index in [2.05, 4.69) is 44.8 Å². The maximum absolute atomic E-state index is 12.0. The lowest BCUT2D eigenvalue weighted by atomic mass is 9.83. The fourth-order valence-electron chi connectivity index (χ4n) is 2.85. The minimum atomic E-state index is -3.07. The number of nitrogens with zero attached hydrogens (tertiary/aromatic N) is 1. The van der Waals surface area contributed by atoms with E-state index in [9.17, 15) is 8.42 Å². The van der Waals surface area contributed by atoms with E-state index in [4.69, 9.17) is 0 Å². The molecule has 1 heterocycles. The third-order valence-electron chi connectivity index (χ3n) is 4.86. The van der Waals surface area contributed by atoms with Crippen LogP contribution < -0.4 is 5.32 Å². The third-order valence-corrected chi connectivity index (χ3v) is 7.00. The molecule has 0 aromatic carbocycles. The average Bonchev–Trinajstić information content (AvgIpc) is 2.25. The van der Waals surface area contributed by atoms with Crippen LogP contribution in [0.2, 0.25) is 0 Å². The maximum Gasteiger partial charge on any atom is 0.153 e. The Bertz CT molecular complexity index is 449. The zero-order valence-electron chi connectivity index (χ0n) is 15.0. The quantitative estimate of drug-likeness (QED) is 0.863. The van der Waals surface area contributed by atoms with Gasteiger partial charge in [-0.3, -0.25) is 4.90 Å². The number of rotatable bonds is 4. The molecule has 5 heteroatoms. The molecule has 0 aliphatic carbocycles. The molecule has 1 rings (SSSR count). The van der Waals surface area contributed by atoms with Gasteiger partial charge in [0.05, 0.1) is 4.75 Å². The Kier molecular flexibility index (Phi) is 5.56. The molecule has 4 nitrogen and oxygen atoms in total. The van der Waals surface area contributed by atoms with Crippen LogP contribution in [0.4, 0.5) is 0 Å². The first-order valence-electron chi connectivity index (χ1n) is 7.93. The number of hydrogen-bond acceptors (Lipinski definition) is 4. The second-order valence-corrected chi connectivity index (χ2v) is 11.2. The summed E-state index contributed by atoms with van der Waals surface area (Å²) in [6, 6.07) is 0.785. The lowest BCUT2D eigenvalue weighted by Crippen LogP contribution is -2.64. The molecule has 1 saturated heterocycles. The van der Waals surface area contributed by atoms with Gasteiger partial charge in [0.25, 0.3) is 0 Å². The maximum atomic E-state index is 12.0. The van der Waals surface area contributed by atoms with Gasteiger partial charge in [-0.25, -0.2) is 8.42 Å². The normalized spacial score (nSPS) is 26.3. The molecular weight excluding hydrogens is 284 g/mol. The Morgan fingerprint density at radius 2 is 1.71 bits per heavy atom. The molecule has 0 bridgehead atoms. The molecule has 1 aliphatic rings. The van der Waals surface area contributed by atoms with Crippen molar-refractivity contribution in [2.24, 2.45) is 11.3 Å². The van der Waals surface area contributed by atoms with Crippen LogP contribution in [0, 0.1) is 11.3 Å². The highest BCUT2D eigenvalue weighted by Crippen LogP contribution is 2.28. The molecule has 126 valence electrons. The van der Waals surface area contributed by atoms with Crippen molar-refractivity contribution in [1.29, 1.82) is 0 Å². The monoisotopic (exact) mass is 318 g/mol. The summed E-state index contributed by atoms with van der Waals surface area (Å²) in [6.45, 7) is 17.3. The fourth-order valence-corrected chi connectivity index (χ4v) is 3.25. The Morgan fingerprint density at radius 1 is 1.19 bits per heavy atom. The average molecular weight is 319 g/mol. The highest BCUT2D eigenvalue weighted by Gasteiger charge is 2.40. The van der Waals surface area contributed by atoms with Crippen molar-refractivity contribution in [3.8, 4) is 0 Å². The van der Waals surface area contributed by atoms with E-state index in [1.54, 1.807) is 0 Å². The number of nitrogens with one attached hydrogen (secondary N) is 1. The Hall–Kier alpha value is -0.130. The van der Waals surface area contributed by atoms with Gasteiger partial charge < -0.3 is 5.32 Å². The topological polar surface area (TPSA) is 49.4 Å². The summed E-state index contributed by atoms with van der Waals surface area (Å²) in [7, 11) is -3.07. The first-order valence-corrected chi connectivity index (χ1v) is 9.82. The van der Waals surface area contributed by atoms with Crippen LogP contribution >= 0.6 is 0 Å². The van der Waals surface area contributed by atoms with E-state index >= 15 is 0 Å². The molecule has 0 saturated carbocycles. The minimum Gasteiger partial charge on any atom is -0.311 e. The van der Waals surface area contributed by atoms with Gasteiger partial charge in [0.15, 0.2) is 9.84 Å². The highest BCUT2D eigenvalue weighted by molar-refractivity contribution is 7.92. The molecule has 0 aromatic heterocycles. The SMILES string of the molecule is CC(C)C1CNC(C(C)(C)C)CN1CC(C)(C)S(C)(=O)=O. The summed E-state index contributed by atoms with van der Waals surface area (Å²) in [4.78, 5) is 2.39. The van der Waals surface area contributed by atoms with Crippen molar-refractivity contribution in [2.45, 2.75) is 65.3 Å². The van der Waals surface area contributed by atoms with E-state index in [0.717, 1.165) is 13.1 Å². The molecule has 0 radical (unpaired) electrons. The molecule has 1 aliphatic heterocycles. The molecule has 0 aromatic rings. The van der Waals surface area contributed by atoms with E-state index in [1.165, 1.54) is 6.26 Å². The second kappa shape index (κ2) is 6.17. The number of piperazine rings is 1. The summed E-state index contributed by atoms with van der Waals surface area (Å²) in [5.41, 5.74) is 0.176. The van der Waals surface area contributed by atoms with Crippen LogP contribution in [-0.4, -0.2) is 56.0 Å². The summed E-state index contributed by atoms with van der Waals surface area (Å²) in [5, 5.41) is 3.65. The van der Waals surface area contributed by atoms with Gasteiger partial charge in [0.2, 0.25) is 0 Å². The predicted octanol–water partition coefficient (Wildman–Crippen LogP) is 2.15. The van der Waals surface area contributed by atoms with Crippen molar-refractivity contribution in [2.75, 3.05) is 25.9 Å². The minimum absolute atomic E-state index is 0.176. The van der Waals surface area contributed by atoms with E-state index in [-0.39, 0.29) is 5.41 Å². The summed E-state index contributed by atoms with van der Waals surface area (Å²) in [5.74, 6) is 0.508. The van der Waals surface area contributed by atoms with Gasteiger partial charge in [-0.1, -0.05) is 34.6 Å². The van der Waals surface area contributed by atoms with Gasteiger partial charge in [-0.15, -0.1) is 0 Å². The van der Waals surface area contributed by atoms with Gasteiger partial charge in [-0.2, -0.15) is 0 Å². The van der Waals surface area contributed by atoms with Gasteiger partial charge >= 0.3 is 0 Å². The largest absolute Gasteiger partial charge is 0.311 e. The second-order valence-electron chi connectivity index (χ2n) is 8.60. The molecule has 2 unspecified atom stereocenters. The van der Waals surface area contributed by atoms with Crippen LogP contribution in [-0.2, 0) is 9.84 Å². The van der Waals surface area contributed by atoms with Crippen LogP contribution in [0.3, 0.4) is 0 Å². The van der Waals surface area contributed by atoms with Crippen molar-refractivity contribution in [1.82, 2.24) is 10.2 Å². The van der Waals surface area contributed by atoms with Crippen molar-refractivity contribution in [3.05, 3.63) is 0 Å². The van der Waals surface area contributed by atoms with Crippen LogP contribution in [0.5, 0.6) is 0 Å². The molecular formula is C16H34N2O2S. The molecule has 2 atom stereocenters. The zero-order chi connectivity index (χ0) is 16.6. The summed E-state index contributed by atoms with van der Waals surface area (Å²) >= 11 is 0. The Morgan fingerprint density at radius 3 is 2.10 bits per heavy atom. The third kappa shape index (κ3) is 4.67. The van der Waals surface area contributed by atoms with Gasteiger partial charge in [0, 0.05) is 38.0 Å². The first-order chi connectivity index (χ1) is 9.25. The smallest absolute Gasteiger partial charge is 0.153 e. The van der Waals surface area contributed by atoms with Crippen LogP contribution in [0.1, 0.15) is 48.5 Å². The van der Waals surface area contributed by atoms with E-state index in [1.807, 2.05) is 13.8 Å². The lowest BCUT2D eigenvalue weighted by molar-refractivity contribution is 0.0572. The van der Waals surface area contributed by atoms with Crippen molar-refractivity contribution in [3.63, 3.8) is 0 Å².